The molecule has 0 bridgehead atoms. The van der Waals surface area contributed by atoms with Gasteiger partial charge in [0.2, 0.25) is 0 Å². The summed E-state index contributed by atoms with van der Waals surface area (Å²) in [7, 11) is 1.35. The summed E-state index contributed by atoms with van der Waals surface area (Å²) in [6.07, 6.45) is 1.52. The maximum absolute atomic E-state index is 11.4. The molecule has 0 radical (unpaired) electrons. The van der Waals surface area contributed by atoms with Crippen LogP contribution in [-0.2, 0) is 9.53 Å². The van der Waals surface area contributed by atoms with E-state index in [-0.39, 0.29) is 17.6 Å². The SMILES string of the molecule is COC(=O)C(C)c1coc2cc(O)ccc12. The molecule has 0 saturated heterocycles. The van der Waals surface area contributed by atoms with Gasteiger partial charge in [-0.2, -0.15) is 0 Å². The molecular formula is C12H12O4. The Bertz CT molecular complexity index is 527. The van der Waals surface area contributed by atoms with Gasteiger partial charge in [0.25, 0.3) is 0 Å². The molecule has 0 aliphatic rings. The van der Waals surface area contributed by atoms with Crippen LogP contribution in [0.25, 0.3) is 11.0 Å². The van der Waals surface area contributed by atoms with Gasteiger partial charge >= 0.3 is 5.97 Å². The lowest BCUT2D eigenvalue weighted by Crippen LogP contribution is -2.10. The van der Waals surface area contributed by atoms with Crippen molar-refractivity contribution in [1.82, 2.24) is 0 Å². The highest BCUT2D eigenvalue weighted by molar-refractivity contribution is 5.88. The zero-order valence-corrected chi connectivity index (χ0v) is 9.06. The second-order valence-corrected chi connectivity index (χ2v) is 3.62. The lowest BCUT2D eigenvalue weighted by atomic mass is 10.0. The highest BCUT2D eigenvalue weighted by Gasteiger charge is 2.20. The average molecular weight is 220 g/mol. The Kier molecular flexibility index (Phi) is 2.56. The number of benzene rings is 1. The van der Waals surface area contributed by atoms with Crippen molar-refractivity contribution in [3.63, 3.8) is 0 Å². The zero-order chi connectivity index (χ0) is 11.7. The number of hydrogen-bond donors (Lipinski definition) is 1. The van der Waals surface area contributed by atoms with E-state index < -0.39 is 0 Å². The quantitative estimate of drug-likeness (QED) is 0.789. The second kappa shape index (κ2) is 3.89. The van der Waals surface area contributed by atoms with Gasteiger partial charge in [-0.3, -0.25) is 4.79 Å². The highest BCUT2D eigenvalue weighted by Crippen LogP contribution is 2.30. The Labute approximate surface area is 92.4 Å². The number of fused-ring (bicyclic) bond motifs is 1. The van der Waals surface area contributed by atoms with E-state index in [0.717, 1.165) is 10.9 Å². The summed E-state index contributed by atoms with van der Waals surface area (Å²) in [6.45, 7) is 1.75. The molecule has 1 aromatic carbocycles. The summed E-state index contributed by atoms with van der Waals surface area (Å²) in [5.41, 5.74) is 1.33. The van der Waals surface area contributed by atoms with Crippen molar-refractivity contribution in [3.05, 3.63) is 30.0 Å². The van der Waals surface area contributed by atoms with Crippen molar-refractivity contribution in [2.24, 2.45) is 0 Å². The average Bonchev–Trinajstić information content (AvgIpc) is 2.69. The Morgan fingerprint density at radius 1 is 1.50 bits per heavy atom. The Morgan fingerprint density at radius 3 is 2.94 bits per heavy atom. The fourth-order valence-corrected chi connectivity index (χ4v) is 1.68. The van der Waals surface area contributed by atoms with Gasteiger partial charge in [0.15, 0.2) is 0 Å². The third kappa shape index (κ3) is 1.62. The number of rotatable bonds is 2. The third-order valence-corrected chi connectivity index (χ3v) is 2.61. The number of aromatic hydroxyl groups is 1. The van der Waals surface area contributed by atoms with Gasteiger partial charge in [-0.25, -0.2) is 0 Å². The topological polar surface area (TPSA) is 59.7 Å². The number of esters is 1. The summed E-state index contributed by atoms with van der Waals surface area (Å²) in [5.74, 6) is -0.550. The van der Waals surface area contributed by atoms with Crippen molar-refractivity contribution in [3.8, 4) is 5.75 Å². The van der Waals surface area contributed by atoms with Crippen molar-refractivity contribution >= 4 is 16.9 Å². The fourth-order valence-electron chi connectivity index (χ4n) is 1.68. The summed E-state index contributed by atoms with van der Waals surface area (Å²) in [4.78, 5) is 11.4. The van der Waals surface area contributed by atoms with Crippen LogP contribution in [0.15, 0.2) is 28.9 Å². The molecule has 16 heavy (non-hydrogen) atoms. The van der Waals surface area contributed by atoms with E-state index in [1.807, 2.05) is 0 Å². The molecule has 0 spiro atoms. The number of furan rings is 1. The maximum Gasteiger partial charge on any atom is 0.312 e. The molecule has 0 aliphatic carbocycles. The van der Waals surface area contributed by atoms with Crippen LogP contribution >= 0.6 is 0 Å². The van der Waals surface area contributed by atoms with E-state index >= 15 is 0 Å². The number of hydrogen-bond acceptors (Lipinski definition) is 4. The van der Waals surface area contributed by atoms with Crippen LogP contribution in [0.4, 0.5) is 0 Å². The van der Waals surface area contributed by atoms with Gasteiger partial charge in [-0.15, -0.1) is 0 Å². The van der Waals surface area contributed by atoms with Crippen LogP contribution in [0, 0.1) is 0 Å². The maximum atomic E-state index is 11.4. The molecule has 1 aromatic heterocycles. The van der Waals surface area contributed by atoms with Gasteiger partial charge in [0.05, 0.1) is 19.3 Å². The second-order valence-electron chi connectivity index (χ2n) is 3.62. The molecule has 1 heterocycles. The molecule has 0 amide bonds. The molecule has 1 N–H and O–H groups in total. The number of carbonyl (C=O) groups excluding carboxylic acids is 1. The highest BCUT2D eigenvalue weighted by atomic mass is 16.5. The van der Waals surface area contributed by atoms with E-state index in [0.29, 0.717) is 5.58 Å². The first kappa shape index (κ1) is 10.5. The molecule has 0 fully saturated rings. The van der Waals surface area contributed by atoms with Crippen LogP contribution in [0.3, 0.4) is 0 Å². The van der Waals surface area contributed by atoms with Gasteiger partial charge in [0, 0.05) is 17.0 Å². The summed E-state index contributed by atoms with van der Waals surface area (Å²) in [6, 6.07) is 4.80. The lowest BCUT2D eigenvalue weighted by Gasteiger charge is -2.06. The van der Waals surface area contributed by atoms with Gasteiger partial charge in [-0.1, -0.05) is 0 Å². The molecule has 2 rings (SSSR count). The third-order valence-electron chi connectivity index (χ3n) is 2.61. The van der Waals surface area contributed by atoms with Gasteiger partial charge < -0.3 is 14.3 Å². The number of ether oxygens (including phenoxy) is 1. The molecule has 1 atom stereocenters. The van der Waals surface area contributed by atoms with E-state index in [1.54, 1.807) is 19.1 Å². The standard InChI is InChI=1S/C12H12O4/c1-7(12(14)15-2)10-6-16-11-5-8(13)3-4-9(10)11/h3-7,13H,1-2H3. The zero-order valence-electron chi connectivity index (χ0n) is 9.06. The predicted molar refractivity (Wildman–Crippen MR) is 58.3 cm³/mol. The normalized spacial score (nSPS) is 12.6. The van der Waals surface area contributed by atoms with Crippen LogP contribution in [0.5, 0.6) is 5.75 Å². The summed E-state index contributed by atoms with van der Waals surface area (Å²) >= 11 is 0. The molecule has 4 heteroatoms. The Morgan fingerprint density at radius 2 is 2.25 bits per heavy atom. The van der Waals surface area contributed by atoms with Crippen molar-refractivity contribution in [2.75, 3.05) is 7.11 Å². The largest absolute Gasteiger partial charge is 0.508 e. The van der Waals surface area contributed by atoms with Crippen LogP contribution in [0.1, 0.15) is 18.4 Å². The minimum Gasteiger partial charge on any atom is -0.508 e. The number of methoxy groups -OCH3 is 1. The molecule has 2 aromatic rings. The van der Waals surface area contributed by atoms with E-state index in [4.69, 9.17) is 4.42 Å². The monoisotopic (exact) mass is 220 g/mol. The molecule has 1 unspecified atom stereocenters. The fraction of sp³-hybridized carbons (Fsp3) is 0.250. The molecule has 4 nitrogen and oxygen atoms in total. The van der Waals surface area contributed by atoms with Crippen LogP contribution < -0.4 is 0 Å². The van der Waals surface area contributed by atoms with Crippen molar-refractivity contribution in [1.29, 1.82) is 0 Å². The van der Waals surface area contributed by atoms with Gasteiger partial charge in [-0.05, 0) is 19.1 Å². The first-order valence-electron chi connectivity index (χ1n) is 4.91. The molecule has 0 aliphatic heterocycles. The molecule has 84 valence electrons. The number of phenolic OH excluding ortho intramolecular Hbond substituents is 1. The molecule has 0 saturated carbocycles. The minimum absolute atomic E-state index is 0.138. The summed E-state index contributed by atoms with van der Waals surface area (Å²) in [5, 5.41) is 10.1. The minimum atomic E-state index is -0.379. The smallest absolute Gasteiger partial charge is 0.312 e. The van der Waals surface area contributed by atoms with Crippen LogP contribution in [-0.4, -0.2) is 18.2 Å². The van der Waals surface area contributed by atoms with E-state index in [9.17, 15) is 9.90 Å². The first-order valence-corrected chi connectivity index (χ1v) is 4.91. The molecular weight excluding hydrogens is 208 g/mol. The van der Waals surface area contributed by atoms with Gasteiger partial charge in [0.1, 0.15) is 11.3 Å². The lowest BCUT2D eigenvalue weighted by molar-refractivity contribution is -0.141. The van der Waals surface area contributed by atoms with E-state index in [2.05, 4.69) is 4.74 Å². The number of phenols is 1. The summed E-state index contributed by atoms with van der Waals surface area (Å²) < 4.78 is 9.96. The predicted octanol–water partition coefficient (Wildman–Crippen LogP) is 2.41. The van der Waals surface area contributed by atoms with Crippen molar-refractivity contribution < 1.29 is 19.1 Å². The van der Waals surface area contributed by atoms with Crippen LogP contribution in [0.2, 0.25) is 0 Å². The Balaban J connectivity index is 2.50. The first-order chi connectivity index (χ1) is 7.63. The van der Waals surface area contributed by atoms with Crippen molar-refractivity contribution in [2.45, 2.75) is 12.8 Å². The number of carbonyl (C=O) groups is 1. The van der Waals surface area contributed by atoms with E-state index in [1.165, 1.54) is 19.4 Å². The Hall–Kier alpha value is -1.97.